The number of nitriles is 1. The average molecular weight is 1360 g/mol. The van der Waals surface area contributed by atoms with Gasteiger partial charge < -0.3 is 57.2 Å². The summed E-state index contributed by atoms with van der Waals surface area (Å²) in [5.74, 6) is -1.95. The summed E-state index contributed by atoms with van der Waals surface area (Å²) in [7, 11) is 2.19. The summed E-state index contributed by atoms with van der Waals surface area (Å²) in [5.41, 5.74) is 7.78. The molecule has 0 atom stereocenters. The van der Waals surface area contributed by atoms with Crippen molar-refractivity contribution in [3.8, 4) is 6.07 Å². The molecule has 15 nitrogen and oxygen atoms in total. The maximum absolute atomic E-state index is 12.9. The highest BCUT2D eigenvalue weighted by Crippen LogP contribution is 2.27. The van der Waals surface area contributed by atoms with E-state index in [0.29, 0.717) is 63.0 Å². The van der Waals surface area contributed by atoms with Crippen LogP contribution in [0, 0.1) is 24.2 Å². The molecule has 0 aliphatic carbocycles. The molecule has 3 saturated heterocycles. The Labute approximate surface area is 588 Å². The Balaban J connectivity index is 0.000000556. The van der Waals surface area contributed by atoms with E-state index in [-0.39, 0.29) is 30.0 Å². The maximum atomic E-state index is 12.9. The van der Waals surface area contributed by atoms with E-state index in [9.17, 15) is 8.78 Å². The Bertz CT molecular complexity index is 2630. The molecule has 2 aromatic carbocycles. The van der Waals surface area contributed by atoms with Gasteiger partial charge in [0.2, 0.25) is 0 Å². The van der Waals surface area contributed by atoms with E-state index in [1.165, 1.54) is 94.8 Å². The minimum Gasteiger partial charge on any atom is -0.379 e. The summed E-state index contributed by atoms with van der Waals surface area (Å²) in [6.45, 7) is 54.2. The second-order valence-corrected chi connectivity index (χ2v) is 27.3. The monoisotopic (exact) mass is 1360 g/mol. The topological polar surface area (TPSA) is 138 Å². The van der Waals surface area contributed by atoms with Gasteiger partial charge in [0.05, 0.1) is 107 Å². The molecule has 0 bridgehead atoms. The number of pyridine rings is 2. The summed E-state index contributed by atoms with van der Waals surface area (Å²) >= 11 is 0. The van der Waals surface area contributed by atoms with Gasteiger partial charge in [-0.2, -0.15) is 5.26 Å². The van der Waals surface area contributed by atoms with Gasteiger partial charge in [-0.1, -0.05) is 61.0 Å². The molecule has 0 amide bonds. The quantitative estimate of drug-likeness (QED) is 0.0449. The fourth-order valence-corrected chi connectivity index (χ4v) is 8.88. The molecule has 3 fully saturated rings. The number of ether oxygens (including phenoxy) is 8. The number of aryl methyl sites for hydroxylation is 2. The van der Waals surface area contributed by atoms with E-state index < -0.39 is 5.92 Å². The summed E-state index contributed by atoms with van der Waals surface area (Å²) in [6.07, 6.45) is 18.8. The van der Waals surface area contributed by atoms with Gasteiger partial charge in [-0.05, 0) is 261 Å². The molecule has 0 N–H and O–H groups in total. The highest BCUT2D eigenvalue weighted by molar-refractivity contribution is 5.31. The molecule has 550 valence electrons. The minimum absolute atomic E-state index is 0.0482. The van der Waals surface area contributed by atoms with E-state index in [4.69, 9.17) is 43.2 Å². The number of alkyl halides is 2. The van der Waals surface area contributed by atoms with Crippen molar-refractivity contribution in [1.29, 1.82) is 5.26 Å². The fraction of sp³-hybridized carbons (Fsp3) is 0.662. The molecule has 17 heteroatoms. The summed E-state index contributed by atoms with van der Waals surface area (Å²) in [6, 6.07) is 27.5. The van der Waals surface area contributed by atoms with E-state index in [1.807, 2.05) is 106 Å². The number of hydrogen-bond donors (Lipinski definition) is 0. The predicted molar refractivity (Wildman–Crippen MR) is 395 cm³/mol. The number of benzene rings is 2. The third kappa shape index (κ3) is 51.7. The number of halogens is 2. The van der Waals surface area contributed by atoms with Crippen molar-refractivity contribution in [3.63, 3.8) is 0 Å². The minimum atomic E-state index is -2.76. The zero-order chi connectivity index (χ0) is 72.4. The van der Waals surface area contributed by atoms with Crippen molar-refractivity contribution in [1.82, 2.24) is 29.2 Å². The van der Waals surface area contributed by atoms with Gasteiger partial charge in [0.25, 0.3) is 5.92 Å². The number of rotatable bonds is 29. The first-order chi connectivity index (χ1) is 46.1. The van der Waals surface area contributed by atoms with Crippen LogP contribution in [0.2, 0.25) is 0 Å². The summed E-state index contributed by atoms with van der Waals surface area (Å²) in [5, 5.41) is 8.57. The molecule has 0 unspecified atom stereocenters. The largest absolute Gasteiger partial charge is 0.379 e. The van der Waals surface area contributed by atoms with Crippen LogP contribution in [0.15, 0.2) is 110 Å². The lowest BCUT2D eigenvalue weighted by Gasteiger charge is -2.30. The van der Waals surface area contributed by atoms with Crippen molar-refractivity contribution in [2.75, 3.05) is 85.8 Å². The predicted octanol–water partition coefficient (Wildman–Crippen LogP) is 17.4. The van der Waals surface area contributed by atoms with Crippen molar-refractivity contribution in [2.45, 2.75) is 258 Å². The molecule has 97 heavy (non-hydrogen) atoms. The van der Waals surface area contributed by atoms with Crippen LogP contribution >= 0.6 is 0 Å². The maximum Gasteiger partial charge on any atom is 0.271 e. The number of likely N-dealkylation sites (tertiary alicyclic amines) is 3. The molecular weight excluding hydrogens is 1220 g/mol. The van der Waals surface area contributed by atoms with Crippen molar-refractivity contribution >= 4 is 0 Å². The third-order valence-electron chi connectivity index (χ3n) is 14.9. The first kappa shape index (κ1) is 89.9. The smallest absolute Gasteiger partial charge is 0.271 e. The number of aromatic nitrogens is 3. The van der Waals surface area contributed by atoms with E-state index >= 15 is 0 Å². The van der Waals surface area contributed by atoms with Crippen molar-refractivity contribution < 1.29 is 46.7 Å². The van der Waals surface area contributed by atoms with Crippen LogP contribution in [0.3, 0.4) is 0 Å². The standard InChI is InChI=1S/C11H17F2NO.C11H13NO.C11H17NO.C11H16O.C10H21NO.C9H13NO.C9H19NO.C8H17NO/c1-9(2)15-7-6-14-5-4-10(8-14)11(3,12)13;1-9(2)13-8-11-5-3-10(7-12)4-6-11;1-4-11-6-5-10(7-12-11)8-13-9(2)3;1-9(2)12-8-11-6-4-10(3)5-7-11;1-9(2)12-8-10-4-6-11(3)7-5-10;1-8(2)11-7-9-4-3-5-10-6-9;1-9(2)11-8-7-10-5-3-4-6-10;1-8(2)10-7-6-9-4-3-5-9/h4-5,8-9H,6-7H2,1-3H3;3-6,9H,8H2,1-2H3;5-7,9H,4,8H2,1-3H3;4-7,9H,8H2,1-3H3;9-10H,4-8H2,1-3H3;3-6,8H,7H2,1-2H3;9H,3-8H2,1-2H3;8H,3-7H2,1-2H3. The lowest BCUT2D eigenvalue weighted by atomic mass is 9.98. The molecule has 6 heterocycles. The Kier molecular flexibility index (Phi) is 50.7. The molecule has 0 spiro atoms. The number of piperidine rings is 1. The first-order valence-corrected chi connectivity index (χ1v) is 36.0. The normalized spacial score (nSPS) is 14.2. The van der Waals surface area contributed by atoms with Crippen LogP contribution in [0.5, 0.6) is 0 Å². The molecule has 3 aliphatic rings. The van der Waals surface area contributed by atoms with Gasteiger partial charge in [-0.3, -0.25) is 9.97 Å². The third-order valence-corrected chi connectivity index (χ3v) is 14.9. The van der Waals surface area contributed by atoms with Gasteiger partial charge in [0.1, 0.15) is 0 Å². The van der Waals surface area contributed by atoms with Gasteiger partial charge >= 0.3 is 0 Å². The van der Waals surface area contributed by atoms with E-state index in [2.05, 4.69) is 130 Å². The highest BCUT2D eigenvalue weighted by Gasteiger charge is 2.25. The molecule has 0 radical (unpaired) electrons. The number of hydrogen-bond acceptors (Lipinski definition) is 14. The van der Waals surface area contributed by atoms with Gasteiger partial charge in [-0.25, -0.2) is 8.78 Å². The van der Waals surface area contributed by atoms with Crippen LogP contribution in [0.25, 0.3) is 0 Å². The Morgan fingerprint density at radius 2 is 0.938 bits per heavy atom. The van der Waals surface area contributed by atoms with Crippen LogP contribution < -0.4 is 0 Å². The van der Waals surface area contributed by atoms with Gasteiger partial charge in [0, 0.05) is 75.4 Å². The van der Waals surface area contributed by atoms with E-state index in [0.717, 1.165) is 81.2 Å². The molecular formula is C80H133F2N7O8. The SMILES string of the molecule is CC(C)OCC1CCN(C)CC1.CC(C)OCCN1CCC1.CC(C)OCCN1CCCC1.CC(C)OCCn1ccc(C(C)(F)F)c1.CC(C)OCc1ccc(C#N)cc1.CC(C)OCc1cccnc1.CCc1ccc(COC(C)C)cn1.Cc1ccc(COC(C)C)cc1. The van der Waals surface area contributed by atoms with Crippen LogP contribution in [0.1, 0.15) is 201 Å². The molecule has 3 aliphatic heterocycles. The van der Waals surface area contributed by atoms with Crippen molar-refractivity contribution in [3.05, 3.63) is 154 Å². The van der Waals surface area contributed by atoms with Crippen LogP contribution in [-0.2, 0) is 83.2 Å². The van der Waals surface area contributed by atoms with Gasteiger partial charge in [-0.15, -0.1) is 0 Å². The lowest BCUT2D eigenvalue weighted by Crippen LogP contribution is -2.39. The van der Waals surface area contributed by atoms with E-state index in [1.54, 1.807) is 29.1 Å². The van der Waals surface area contributed by atoms with Crippen LogP contribution in [0.4, 0.5) is 8.78 Å². The fourth-order valence-electron chi connectivity index (χ4n) is 8.88. The second-order valence-electron chi connectivity index (χ2n) is 27.3. The second kappa shape index (κ2) is 54.7. The first-order valence-electron chi connectivity index (χ1n) is 36.0. The van der Waals surface area contributed by atoms with Gasteiger partial charge in [0.15, 0.2) is 0 Å². The Morgan fingerprint density at radius 3 is 1.31 bits per heavy atom. The lowest BCUT2D eigenvalue weighted by molar-refractivity contribution is 0.0172. The molecule has 0 saturated carbocycles. The highest BCUT2D eigenvalue weighted by atomic mass is 19.3. The Hall–Kier alpha value is -5.07. The van der Waals surface area contributed by atoms with Crippen LogP contribution in [-0.4, -0.2) is 164 Å². The summed E-state index contributed by atoms with van der Waals surface area (Å²) < 4.78 is 71.0. The molecule has 5 aromatic rings. The number of nitrogens with zero attached hydrogens (tertiary/aromatic N) is 7. The zero-order valence-corrected chi connectivity index (χ0v) is 64.0. The molecule has 8 rings (SSSR count). The summed E-state index contributed by atoms with van der Waals surface area (Å²) in [4.78, 5) is 15.6. The molecule has 3 aromatic heterocycles. The zero-order valence-electron chi connectivity index (χ0n) is 64.0. The Morgan fingerprint density at radius 1 is 0.515 bits per heavy atom. The average Bonchev–Trinajstić information content (AvgIpc) is 1.88. The van der Waals surface area contributed by atoms with Crippen molar-refractivity contribution in [2.24, 2.45) is 5.92 Å².